The predicted molar refractivity (Wildman–Crippen MR) is 103 cm³/mol. The standard InChI is InChI=1S/C20H29N3O4.ClH/c1-20(2,23(25)26)11-14-3-9-17(10-4-14)21-12-18(24)13-27-22-19(15-5-6-15)16-7-8-16;/h3-4,9-10,15-16,18,21,24H,5-8,11-13H2,1-2H3;1H. The number of benzene rings is 1. The van der Waals surface area contributed by atoms with Crippen molar-refractivity contribution in [2.24, 2.45) is 17.0 Å². The highest BCUT2D eigenvalue weighted by atomic mass is 35.5. The lowest BCUT2D eigenvalue weighted by Crippen LogP contribution is -3.00. The molecule has 0 amide bonds. The average Bonchev–Trinajstić information content (AvgIpc) is 3.51. The molecule has 2 saturated carbocycles. The number of oxime groups is 1. The van der Waals surface area contributed by atoms with Gasteiger partial charge in [-0.2, -0.15) is 0 Å². The van der Waals surface area contributed by atoms with Crippen molar-refractivity contribution < 1.29 is 32.6 Å². The predicted octanol–water partition coefficient (Wildman–Crippen LogP) is -0.963. The summed E-state index contributed by atoms with van der Waals surface area (Å²) in [5, 5.41) is 27.4. The molecule has 156 valence electrons. The number of nitro groups is 1. The molecule has 0 spiro atoms. The first-order valence-electron chi connectivity index (χ1n) is 9.79. The van der Waals surface area contributed by atoms with Gasteiger partial charge in [-0.3, -0.25) is 10.1 Å². The molecular weight excluding hydrogens is 382 g/mol. The second kappa shape index (κ2) is 9.67. The van der Waals surface area contributed by atoms with Crippen LogP contribution in [0.2, 0.25) is 0 Å². The van der Waals surface area contributed by atoms with Crippen molar-refractivity contribution in [1.29, 1.82) is 0 Å². The van der Waals surface area contributed by atoms with Gasteiger partial charge in [0.2, 0.25) is 5.54 Å². The third kappa shape index (κ3) is 6.72. The average molecular weight is 412 g/mol. The summed E-state index contributed by atoms with van der Waals surface area (Å²) in [4.78, 5) is 16.2. The van der Waals surface area contributed by atoms with Gasteiger partial charge in [-0.25, -0.2) is 0 Å². The van der Waals surface area contributed by atoms with Crippen molar-refractivity contribution in [2.75, 3.05) is 13.2 Å². The number of nitrogens with two attached hydrogens (primary N) is 1. The van der Waals surface area contributed by atoms with Gasteiger partial charge in [-0.1, -0.05) is 17.3 Å². The van der Waals surface area contributed by atoms with E-state index in [9.17, 15) is 15.2 Å². The molecule has 3 N–H and O–H groups in total. The van der Waals surface area contributed by atoms with E-state index in [1.165, 1.54) is 31.4 Å². The summed E-state index contributed by atoms with van der Waals surface area (Å²) in [5.41, 5.74) is 2.15. The Morgan fingerprint density at radius 3 is 2.36 bits per heavy atom. The fourth-order valence-corrected chi connectivity index (χ4v) is 3.11. The molecule has 0 radical (unpaired) electrons. The Balaban J connectivity index is 0.00000280. The van der Waals surface area contributed by atoms with Gasteiger partial charge in [-0.05, 0) is 43.4 Å². The van der Waals surface area contributed by atoms with Gasteiger partial charge in [0.25, 0.3) is 0 Å². The topological polar surface area (TPSA) is 102 Å². The Labute approximate surface area is 172 Å². The Morgan fingerprint density at radius 2 is 1.86 bits per heavy atom. The van der Waals surface area contributed by atoms with Gasteiger partial charge in [0.05, 0.1) is 5.71 Å². The molecule has 0 heterocycles. The van der Waals surface area contributed by atoms with Gasteiger partial charge in [0, 0.05) is 37.0 Å². The Kier molecular flexibility index (Phi) is 7.80. The van der Waals surface area contributed by atoms with Crippen LogP contribution >= 0.6 is 0 Å². The van der Waals surface area contributed by atoms with Crippen molar-refractivity contribution in [1.82, 2.24) is 0 Å². The maximum atomic E-state index is 11.0. The lowest BCUT2D eigenvalue weighted by atomic mass is 9.96. The molecule has 2 aliphatic carbocycles. The third-order valence-corrected chi connectivity index (χ3v) is 5.16. The molecule has 28 heavy (non-hydrogen) atoms. The van der Waals surface area contributed by atoms with E-state index in [-0.39, 0.29) is 23.9 Å². The smallest absolute Gasteiger partial charge is 0.220 e. The number of aliphatic hydroxyl groups is 1. The summed E-state index contributed by atoms with van der Waals surface area (Å²) < 4.78 is 0. The number of quaternary nitrogens is 1. The molecular formula is C20H30ClN3O4. The summed E-state index contributed by atoms with van der Waals surface area (Å²) in [7, 11) is 0. The quantitative estimate of drug-likeness (QED) is 0.212. The normalized spacial score (nSPS) is 17.4. The molecule has 0 saturated heterocycles. The maximum absolute atomic E-state index is 11.0. The van der Waals surface area contributed by atoms with E-state index in [2.05, 4.69) is 5.16 Å². The lowest BCUT2D eigenvalue weighted by molar-refractivity contribution is -0.580. The molecule has 1 aromatic carbocycles. The van der Waals surface area contributed by atoms with E-state index in [0.29, 0.717) is 24.8 Å². The molecule has 7 nitrogen and oxygen atoms in total. The first-order chi connectivity index (χ1) is 12.8. The van der Waals surface area contributed by atoms with Gasteiger partial charge in [0.1, 0.15) is 24.9 Å². The van der Waals surface area contributed by atoms with Crippen molar-refractivity contribution in [3.05, 3.63) is 39.9 Å². The maximum Gasteiger partial charge on any atom is 0.220 e. The highest BCUT2D eigenvalue weighted by Gasteiger charge is 2.38. The number of hydrogen-bond acceptors (Lipinski definition) is 5. The van der Waals surface area contributed by atoms with E-state index >= 15 is 0 Å². The van der Waals surface area contributed by atoms with Crippen molar-refractivity contribution in [2.45, 2.75) is 57.6 Å². The van der Waals surface area contributed by atoms with E-state index in [4.69, 9.17) is 4.84 Å². The van der Waals surface area contributed by atoms with Crippen molar-refractivity contribution in [3.8, 4) is 0 Å². The van der Waals surface area contributed by atoms with Crippen LogP contribution in [0.25, 0.3) is 0 Å². The van der Waals surface area contributed by atoms with Crippen molar-refractivity contribution >= 4 is 11.4 Å². The molecule has 0 aromatic heterocycles. The van der Waals surface area contributed by atoms with Crippen LogP contribution in [-0.2, 0) is 11.3 Å². The fourth-order valence-electron chi connectivity index (χ4n) is 3.11. The zero-order valence-electron chi connectivity index (χ0n) is 16.5. The van der Waals surface area contributed by atoms with Crippen LogP contribution in [0, 0.1) is 22.0 Å². The number of nitrogens with zero attached hydrogens (tertiary/aromatic N) is 2. The summed E-state index contributed by atoms with van der Waals surface area (Å²) in [5.74, 6) is 1.25. The number of halogens is 1. The van der Waals surface area contributed by atoms with E-state index < -0.39 is 11.6 Å². The van der Waals surface area contributed by atoms with E-state index in [1.54, 1.807) is 13.8 Å². The molecule has 2 fully saturated rings. The molecule has 0 bridgehead atoms. The fraction of sp³-hybridized carbons (Fsp3) is 0.650. The summed E-state index contributed by atoms with van der Waals surface area (Å²) in [6, 6.07) is 7.66. The number of rotatable bonds is 11. The minimum atomic E-state index is -0.973. The first kappa shape index (κ1) is 22.6. The van der Waals surface area contributed by atoms with Crippen LogP contribution < -0.4 is 17.7 Å². The van der Waals surface area contributed by atoms with E-state index in [0.717, 1.165) is 11.3 Å². The van der Waals surface area contributed by atoms with Crippen LogP contribution in [0.15, 0.2) is 29.4 Å². The first-order valence-corrected chi connectivity index (χ1v) is 9.79. The minimum Gasteiger partial charge on any atom is -1.00 e. The molecule has 3 rings (SSSR count). The monoisotopic (exact) mass is 411 g/mol. The Bertz CT molecular complexity index is 671. The molecule has 1 unspecified atom stereocenters. The van der Waals surface area contributed by atoms with Gasteiger partial charge in [-0.15, -0.1) is 0 Å². The number of hydrogen-bond donors (Lipinski definition) is 2. The lowest BCUT2D eigenvalue weighted by Gasteiger charge is -2.15. The summed E-state index contributed by atoms with van der Waals surface area (Å²) >= 11 is 0. The number of aliphatic hydroxyl groups excluding tert-OH is 1. The van der Waals surface area contributed by atoms with Gasteiger partial charge < -0.3 is 27.7 Å². The summed E-state index contributed by atoms with van der Waals surface area (Å²) in [6.45, 7) is 3.94. The van der Waals surface area contributed by atoms with Crippen LogP contribution in [0.4, 0.5) is 5.69 Å². The second-order valence-electron chi connectivity index (χ2n) is 8.44. The van der Waals surface area contributed by atoms with Crippen LogP contribution in [-0.4, -0.2) is 40.5 Å². The molecule has 2 aliphatic rings. The Morgan fingerprint density at radius 1 is 1.29 bits per heavy atom. The third-order valence-electron chi connectivity index (χ3n) is 5.16. The largest absolute Gasteiger partial charge is 1.00 e. The minimum absolute atomic E-state index is 0. The van der Waals surface area contributed by atoms with E-state index in [1.807, 2.05) is 29.6 Å². The van der Waals surface area contributed by atoms with Gasteiger partial charge >= 0.3 is 0 Å². The zero-order valence-corrected chi connectivity index (χ0v) is 17.3. The highest BCUT2D eigenvalue weighted by molar-refractivity contribution is 5.92. The van der Waals surface area contributed by atoms with Crippen LogP contribution in [0.1, 0.15) is 45.1 Å². The van der Waals surface area contributed by atoms with Crippen LogP contribution in [0.3, 0.4) is 0 Å². The highest BCUT2D eigenvalue weighted by Crippen LogP contribution is 2.42. The molecule has 0 aliphatic heterocycles. The molecule has 1 atom stereocenters. The van der Waals surface area contributed by atoms with Crippen molar-refractivity contribution in [3.63, 3.8) is 0 Å². The zero-order chi connectivity index (χ0) is 19.4. The second-order valence-corrected chi connectivity index (χ2v) is 8.44. The molecule has 8 heteroatoms. The van der Waals surface area contributed by atoms with Crippen LogP contribution in [0.5, 0.6) is 0 Å². The summed E-state index contributed by atoms with van der Waals surface area (Å²) in [6.07, 6.45) is 4.70. The van der Waals surface area contributed by atoms with Gasteiger partial charge in [0.15, 0.2) is 0 Å². The Hall–Kier alpha value is -1.70. The SMILES string of the molecule is CC(C)(Cc1ccc([NH2+]CC(O)CON=C(C2CC2)C2CC2)cc1)[N+](=O)[O-].[Cl-]. The molecule has 1 aromatic rings.